The summed E-state index contributed by atoms with van der Waals surface area (Å²) in [5.41, 5.74) is 0. The van der Waals surface area contributed by atoms with Crippen molar-refractivity contribution < 1.29 is 26.4 Å². The molecule has 0 aliphatic heterocycles. The first kappa shape index (κ1) is 14.3. The average Bonchev–Trinajstić information content (AvgIpc) is 1.81. The van der Waals surface area contributed by atoms with E-state index in [1.807, 2.05) is 19.0 Å². The largest absolute Gasteiger partial charge is 0.308 e. The third-order valence-corrected chi connectivity index (χ3v) is 1.53. The number of rotatable bonds is 4. The molecule has 0 aromatic carbocycles. The van der Waals surface area contributed by atoms with E-state index in [4.69, 9.17) is 0 Å². The predicted octanol–water partition coefficient (Wildman–Crippen LogP) is 0.340. The van der Waals surface area contributed by atoms with Crippen molar-refractivity contribution in [1.29, 1.82) is 0 Å². The minimum absolute atomic E-state index is 0. The van der Waals surface area contributed by atoms with Crippen LogP contribution >= 0.6 is 0 Å². The minimum Gasteiger partial charge on any atom is -0.308 e. The van der Waals surface area contributed by atoms with Crippen LogP contribution in [0, 0.1) is 5.92 Å². The summed E-state index contributed by atoms with van der Waals surface area (Å²) in [6.07, 6.45) is 0. The summed E-state index contributed by atoms with van der Waals surface area (Å²) in [6.45, 7) is 3.43. The molecular formula is C8H15CoNO2. The van der Waals surface area contributed by atoms with Crippen LogP contribution in [0.15, 0.2) is 0 Å². The topological polar surface area (TPSA) is 37.4 Å². The Bertz CT molecular complexity index is 154. The van der Waals surface area contributed by atoms with Gasteiger partial charge in [-0.05, 0) is 27.9 Å². The Kier molecular flexibility index (Phi) is 7.57. The fourth-order valence-corrected chi connectivity index (χ4v) is 0.909. The summed E-state index contributed by atoms with van der Waals surface area (Å²) in [6, 6.07) is 0. The van der Waals surface area contributed by atoms with Gasteiger partial charge in [-0.3, -0.25) is 9.59 Å². The van der Waals surface area contributed by atoms with Crippen LogP contribution in [0.25, 0.3) is 0 Å². The molecule has 73 valence electrons. The van der Waals surface area contributed by atoms with Crippen molar-refractivity contribution in [2.45, 2.75) is 13.8 Å². The van der Waals surface area contributed by atoms with Crippen LogP contribution < -0.4 is 0 Å². The van der Waals surface area contributed by atoms with E-state index in [1.54, 1.807) is 0 Å². The second-order valence-corrected chi connectivity index (χ2v) is 3.04. The number of ketones is 2. The smallest absolute Gasteiger partial charge is 0.141 e. The Morgan fingerprint density at radius 1 is 1.17 bits per heavy atom. The summed E-state index contributed by atoms with van der Waals surface area (Å²) in [4.78, 5) is 23.6. The minimum atomic E-state index is -0.440. The Morgan fingerprint density at radius 3 is 1.58 bits per heavy atom. The van der Waals surface area contributed by atoms with E-state index in [1.165, 1.54) is 13.8 Å². The number of hydrogen-bond acceptors (Lipinski definition) is 3. The van der Waals surface area contributed by atoms with Crippen molar-refractivity contribution in [3.8, 4) is 0 Å². The molecule has 0 amide bonds. The zero-order chi connectivity index (χ0) is 9.02. The van der Waals surface area contributed by atoms with Crippen LogP contribution in [-0.2, 0) is 26.4 Å². The molecule has 0 heterocycles. The summed E-state index contributed by atoms with van der Waals surface area (Å²) in [5.74, 6) is -0.539. The first-order valence-corrected chi connectivity index (χ1v) is 3.60. The van der Waals surface area contributed by atoms with Gasteiger partial charge >= 0.3 is 0 Å². The van der Waals surface area contributed by atoms with Gasteiger partial charge in [0.15, 0.2) is 0 Å². The van der Waals surface area contributed by atoms with Crippen molar-refractivity contribution in [3.63, 3.8) is 0 Å². The molecule has 3 nitrogen and oxygen atoms in total. The molecule has 1 radical (unpaired) electrons. The zero-order valence-electron chi connectivity index (χ0n) is 7.88. The van der Waals surface area contributed by atoms with Gasteiger partial charge in [-0.1, -0.05) is 0 Å². The second kappa shape index (κ2) is 6.34. The van der Waals surface area contributed by atoms with Gasteiger partial charge in [0.05, 0.1) is 5.92 Å². The van der Waals surface area contributed by atoms with Gasteiger partial charge in [0, 0.05) is 23.3 Å². The number of carbonyl (C=O) groups excluding carboxylic acids is 2. The maximum atomic E-state index is 10.9. The standard InChI is InChI=1S/C8H15NO2.Co/c1-6(10)8(7(2)11)5-9(3)4;/h8H,5H2,1-4H3;. The Balaban J connectivity index is 0. The zero-order valence-corrected chi connectivity index (χ0v) is 8.92. The van der Waals surface area contributed by atoms with Gasteiger partial charge in [0.1, 0.15) is 11.6 Å². The molecule has 12 heavy (non-hydrogen) atoms. The first-order chi connectivity index (χ1) is 4.95. The maximum Gasteiger partial charge on any atom is 0.141 e. The van der Waals surface area contributed by atoms with Gasteiger partial charge in [-0.2, -0.15) is 0 Å². The molecule has 0 saturated carbocycles. The van der Waals surface area contributed by atoms with Gasteiger partial charge in [0.2, 0.25) is 0 Å². The number of carbonyl (C=O) groups is 2. The molecule has 4 heteroatoms. The molecule has 0 saturated heterocycles. The maximum absolute atomic E-state index is 10.9. The number of hydrogen-bond donors (Lipinski definition) is 0. The summed E-state index contributed by atoms with van der Waals surface area (Å²) in [5, 5.41) is 0. The van der Waals surface area contributed by atoms with Crippen molar-refractivity contribution in [1.82, 2.24) is 4.90 Å². The molecule has 0 bridgehead atoms. The molecule has 0 aliphatic rings. The SMILES string of the molecule is CC(=O)C(CN(C)C)C(C)=O.[Co]. The van der Waals surface area contributed by atoms with E-state index < -0.39 is 5.92 Å². The van der Waals surface area contributed by atoms with Crippen molar-refractivity contribution in [3.05, 3.63) is 0 Å². The van der Waals surface area contributed by atoms with Crippen LogP contribution in [0.2, 0.25) is 0 Å². The fourth-order valence-electron chi connectivity index (χ4n) is 0.909. The van der Waals surface area contributed by atoms with Crippen molar-refractivity contribution in [2.24, 2.45) is 5.92 Å². The number of nitrogens with zero attached hydrogens (tertiary/aromatic N) is 1. The monoisotopic (exact) mass is 216 g/mol. The first-order valence-electron chi connectivity index (χ1n) is 3.60. The molecule has 0 aromatic rings. The van der Waals surface area contributed by atoms with E-state index in [9.17, 15) is 9.59 Å². The Labute approximate surface area is 83.7 Å². The average molecular weight is 216 g/mol. The summed E-state index contributed by atoms with van der Waals surface area (Å²) >= 11 is 0. The van der Waals surface area contributed by atoms with Crippen LogP contribution in [0.5, 0.6) is 0 Å². The summed E-state index contributed by atoms with van der Waals surface area (Å²) < 4.78 is 0. The van der Waals surface area contributed by atoms with E-state index in [-0.39, 0.29) is 28.3 Å². The van der Waals surface area contributed by atoms with Crippen LogP contribution in [-0.4, -0.2) is 37.1 Å². The predicted molar refractivity (Wildman–Crippen MR) is 43.4 cm³/mol. The second-order valence-electron chi connectivity index (χ2n) is 3.04. The molecule has 0 unspecified atom stereocenters. The Hall–Kier alpha value is -0.194. The molecule has 0 aliphatic carbocycles. The third kappa shape index (κ3) is 5.46. The number of Topliss-reactive ketones (excluding diaryl/α,β-unsaturated/α-hetero) is 2. The van der Waals surface area contributed by atoms with Crippen LogP contribution in [0.1, 0.15) is 13.8 Å². The molecule has 0 fully saturated rings. The summed E-state index contributed by atoms with van der Waals surface area (Å²) in [7, 11) is 3.69. The van der Waals surface area contributed by atoms with Gasteiger partial charge in [0.25, 0.3) is 0 Å². The van der Waals surface area contributed by atoms with E-state index in [0.717, 1.165) is 0 Å². The molecular weight excluding hydrogens is 201 g/mol. The van der Waals surface area contributed by atoms with Gasteiger partial charge in [-0.15, -0.1) is 0 Å². The van der Waals surface area contributed by atoms with Gasteiger partial charge < -0.3 is 4.90 Å². The van der Waals surface area contributed by atoms with Crippen molar-refractivity contribution in [2.75, 3.05) is 20.6 Å². The quantitative estimate of drug-likeness (QED) is 0.636. The normalized spacial score (nSPS) is 9.83. The molecule has 0 N–H and O–H groups in total. The molecule has 0 atom stereocenters. The van der Waals surface area contributed by atoms with E-state index >= 15 is 0 Å². The van der Waals surface area contributed by atoms with E-state index in [0.29, 0.717) is 6.54 Å². The van der Waals surface area contributed by atoms with E-state index in [2.05, 4.69) is 0 Å². The molecule has 0 spiro atoms. The van der Waals surface area contributed by atoms with Crippen molar-refractivity contribution >= 4 is 11.6 Å². The van der Waals surface area contributed by atoms with Gasteiger partial charge in [-0.25, -0.2) is 0 Å². The third-order valence-electron chi connectivity index (χ3n) is 1.53. The Morgan fingerprint density at radius 2 is 1.50 bits per heavy atom. The molecule has 0 rings (SSSR count). The molecule has 0 aromatic heterocycles. The fraction of sp³-hybridized carbons (Fsp3) is 0.750. The van der Waals surface area contributed by atoms with Crippen LogP contribution in [0.4, 0.5) is 0 Å². The van der Waals surface area contributed by atoms with Crippen LogP contribution in [0.3, 0.4) is 0 Å².